The van der Waals surface area contributed by atoms with Gasteiger partial charge in [0.15, 0.2) is 12.4 Å². The second-order valence-electron chi connectivity index (χ2n) is 5.01. The first kappa shape index (κ1) is 16.6. The highest BCUT2D eigenvalue weighted by Gasteiger charge is 2.11. The molecular formula is C15H19N5O3. The molecule has 2 N–H and O–H groups in total. The lowest BCUT2D eigenvalue weighted by atomic mass is 10.1. The minimum atomic E-state index is -0.459. The third-order valence-corrected chi connectivity index (χ3v) is 2.92. The molecule has 0 amide bonds. The molecule has 1 heterocycles. The summed E-state index contributed by atoms with van der Waals surface area (Å²) >= 11 is 0. The second-order valence-corrected chi connectivity index (χ2v) is 5.01. The number of nitrogens with zero attached hydrogens (tertiary/aromatic N) is 4. The van der Waals surface area contributed by atoms with E-state index in [1.54, 1.807) is 38.2 Å². The van der Waals surface area contributed by atoms with Crippen molar-refractivity contribution in [3.05, 3.63) is 41.2 Å². The van der Waals surface area contributed by atoms with E-state index in [9.17, 15) is 4.79 Å². The van der Waals surface area contributed by atoms with E-state index in [4.69, 9.17) is 15.2 Å². The molecule has 0 fully saturated rings. The van der Waals surface area contributed by atoms with Crippen LogP contribution in [-0.4, -0.2) is 42.1 Å². The Hall–Kier alpha value is -2.74. The van der Waals surface area contributed by atoms with Gasteiger partial charge in [0.2, 0.25) is 11.9 Å². The number of nitrogens with two attached hydrogens (primary N) is 1. The average molecular weight is 317 g/mol. The Morgan fingerprint density at radius 1 is 1.13 bits per heavy atom. The summed E-state index contributed by atoms with van der Waals surface area (Å²) in [5.74, 6) is 0.330. The number of carbonyl (C=O) groups excluding carboxylic acids is 1. The molecule has 1 aromatic carbocycles. The zero-order chi connectivity index (χ0) is 16.8. The number of nitrogen functional groups attached to an aromatic ring is 1. The third kappa shape index (κ3) is 4.62. The smallest absolute Gasteiger partial charge is 0.338 e. The van der Waals surface area contributed by atoms with Gasteiger partial charge in [-0.2, -0.15) is 15.0 Å². The number of rotatable bonds is 6. The van der Waals surface area contributed by atoms with E-state index < -0.39 is 5.97 Å². The molecule has 2 rings (SSSR count). The van der Waals surface area contributed by atoms with Gasteiger partial charge in [0.05, 0.1) is 12.2 Å². The highest BCUT2D eigenvalue weighted by atomic mass is 16.5. The number of methoxy groups -OCH3 is 1. The molecule has 23 heavy (non-hydrogen) atoms. The summed E-state index contributed by atoms with van der Waals surface area (Å²) < 4.78 is 10.2. The molecule has 0 radical (unpaired) electrons. The molecule has 0 aliphatic rings. The fourth-order valence-electron chi connectivity index (χ4n) is 1.81. The van der Waals surface area contributed by atoms with Gasteiger partial charge < -0.3 is 20.1 Å². The standard InChI is InChI=1S/C15H19N5O3/c1-20(2)15-18-12(17-14(16)19-15)9-23-13(21)11-6-4-10(5-7-11)8-22-3/h4-7H,8-9H2,1-3H3,(H2,16,17,18,19). The van der Waals surface area contributed by atoms with E-state index in [1.165, 1.54) is 0 Å². The predicted molar refractivity (Wildman–Crippen MR) is 84.8 cm³/mol. The van der Waals surface area contributed by atoms with E-state index in [1.807, 2.05) is 12.1 Å². The maximum Gasteiger partial charge on any atom is 0.338 e. The van der Waals surface area contributed by atoms with Gasteiger partial charge in [-0.25, -0.2) is 4.79 Å². The van der Waals surface area contributed by atoms with Crippen LogP contribution in [0.15, 0.2) is 24.3 Å². The summed E-state index contributed by atoms with van der Waals surface area (Å²) in [6, 6.07) is 6.99. The molecule has 122 valence electrons. The minimum absolute atomic E-state index is 0.0772. The zero-order valence-corrected chi connectivity index (χ0v) is 13.3. The van der Waals surface area contributed by atoms with E-state index in [0.717, 1.165) is 5.56 Å². The first-order valence-electron chi connectivity index (χ1n) is 6.92. The molecule has 1 aromatic heterocycles. The number of esters is 1. The first-order chi connectivity index (χ1) is 11.0. The summed E-state index contributed by atoms with van der Waals surface area (Å²) in [7, 11) is 5.18. The van der Waals surface area contributed by atoms with Crippen molar-refractivity contribution in [3.8, 4) is 0 Å². The average Bonchev–Trinajstić information content (AvgIpc) is 2.53. The van der Waals surface area contributed by atoms with Gasteiger partial charge in [-0.3, -0.25) is 0 Å². The number of anilines is 2. The third-order valence-electron chi connectivity index (χ3n) is 2.92. The Bertz CT molecular complexity index is 673. The van der Waals surface area contributed by atoms with Crippen LogP contribution >= 0.6 is 0 Å². The Balaban J connectivity index is 2.01. The number of carbonyl (C=O) groups is 1. The highest BCUT2D eigenvalue weighted by molar-refractivity contribution is 5.89. The van der Waals surface area contributed by atoms with E-state index in [2.05, 4.69) is 15.0 Å². The van der Waals surface area contributed by atoms with Gasteiger partial charge in [0, 0.05) is 21.2 Å². The lowest BCUT2D eigenvalue weighted by Crippen LogP contribution is -2.17. The molecule has 8 heteroatoms. The molecular weight excluding hydrogens is 298 g/mol. The van der Waals surface area contributed by atoms with Gasteiger partial charge in [0.25, 0.3) is 0 Å². The molecule has 0 unspecified atom stereocenters. The molecule has 0 aliphatic heterocycles. The lowest BCUT2D eigenvalue weighted by Gasteiger charge is -2.11. The first-order valence-corrected chi connectivity index (χ1v) is 6.92. The van der Waals surface area contributed by atoms with Gasteiger partial charge >= 0.3 is 5.97 Å². The minimum Gasteiger partial charge on any atom is -0.454 e. The van der Waals surface area contributed by atoms with Crippen molar-refractivity contribution in [2.45, 2.75) is 13.2 Å². The van der Waals surface area contributed by atoms with Crippen LogP contribution in [0.5, 0.6) is 0 Å². The van der Waals surface area contributed by atoms with Crippen molar-refractivity contribution in [2.75, 3.05) is 31.8 Å². The van der Waals surface area contributed by atoms with Crippen LogP contribution in [-0.2, 0) is 22.7 Å². The Labute approximate surface area is 134 Å². The van der Waals surface area contributed by atoms with Crippen LogP contribution in [0.3, 0.4) is 0 Å². The Kier molecular flexibility index (Phi) is 5.42. The molecule has 0 atom stereocenters. The van der Waals surface area contributed by atoms with Gasteiger partial charge in [-0.05, 0) is 17.7 Å². The molecule has 0 aliphatic carbocycles. The maximum atomic E-state index is 12.0. The van der Waals surface area contributed by atoms with Crippen LogP contribution in [0.25, 0.3) is 0 Å². The maximum absolute atomic E-state index is 12.0. The van der Waals surface area contributed by atoms with Crippen molar-refractivity contribution in [1.82, 2.24) is 15.0 Å². The summed E-state index contributed by atoms with van der Waals surface area (Å²) in [5.41, 5.74) is 7.04. The van der Waals surface area contributed by atoms with Gasteiger partial charge in [-0.15, -0.1) is 0 Å². The number of hydrogen-bond donors (Lipinski definition) is 1. The Morgan fingerprint density at radius 3 is 2.43 bits per heavy atom. The van der Waals surface area contributed by atoms with Crippen LogP contribution in [0.4, 0.5) is 11.9 Å². The summed E-state index contributed by atoms with van der Waals surface area (Å²) in [5, 5.41) is 0. The fourth-order valence-corrected chi connectivity index (χ4v) is 1.81. The number of ether oxygens (including phenoxy) is 2. The summed E-state index contributed by atoms with van der Waals surface area (Å²) in [6.45, 7) is 0.416. The van der Waals surface area contributed by atoms with Crippen molar-refractivity contribution in [3.63, 3.8) is 0 Å². The number of hydrogen-bond acceptors (Lipinski definition) is 8. The Morgan fingerprint density at radius 2 is 1.83 bits per heavy atom. The molecule has 0 bridgehead atoms. The summed E-state index contributed by atoms with van der Waals surface area (Å²) in [6.07, 6.45) is 0. The molecule has 0 saturated carbocycles. The molecule has 8 nitrogen and oxygen atoms in total. The molecule has 2 aromatic rings. The predicted octanol–water partition coefficient (Wildman–Crippen LogP) is 1.02. The quantitative estimate of drug-likeness (QED) is 0.788. The van der Waals surface area contributed by atoms with Crippen LogP contribution < -0.4 is 10.6 Å². The SMILES string of the molecule is COCc1ccc(C(=O)OCc2nc(N)nc(N(C)C)n2)cc1. The summed E-state index contributed by atoms with van der Waals surface area (Å²) in [4.78, 5) is 25.8. The van der Waals surface area contributed by atoms with Crippen molar-refractivity contribution in [2.24, 2.45) is 0 Å². The normalized spacial score (nSPS) is 10.4. The van der Waals surface area contributed by atoms with Gasteiger partial charge in [0.1, 0.15) is 0 Å². The molecule has 0 saturated heterocycles. The highest BCUT2D eigenvalue weighted by Crippen LogP contribution is 2.10. The van der Waals surface area contributed by atoms with Crippen molar-refractivity contribution >= 4 is 17.9 Å². The van der Waals surface area contributed by atoms with Crippen LogP contribution in [0.2, 0.25) is 0 Å². The van der Waals surface area contributed by atoms with Gasteiger partial charge in [-0.1, -0.05) is 12.1 Å². The number of aromatic nitrogens is 3. The lowest BCUT2D eigenvalue weighted by molar-refractivity contribution is 0.0462. The topological polar surface area (TPSA) is 103 Å². The van der Waals surface area contributed by atoms with Crippen molar-refractivity contribution < 1.29 is 14.3 Å². The van der Waals surface area contributed by atoms with E-state index >= 15 is 0 Å². The van der Waals surface area contributed by atoms with Crippen LogP contribution in [0.1, 0.15) is 21.7 Å². The fraction of sp³-hybridized carbons (Fsp3) is 0.333. The molecule has 0 spiro atoms. The number of benzene rings is 1. The van der Waals surface area contributed by atoms with Crippen LogP contribution in [0, 0.1) is 0 Å². The van der Waals surface area contributed by atoms with Crippen molar-refractivity contribution in [1.29, 1.82) is 0 Å². The van der Waals surface area contributed by atoms with E-state index in [0.29, 0.717) is 23.9 Å². The zero-order valence-electron chi connectivity index (χ0n) is 13.3. The van der Waals surface area contributed by atoms with E-state index in [-0.39, 0.29) is 12.6 Å². The second kappa shape index (κ2) is 7.50. The largest absolute Gasteiger partial charge is 0.454 e. The monoisotopic (exact) mass is 317 g/mol.